The number of fused-ring (bicyclic) bond motifs is 3. The minimum absolute atomic E-state index is 0.104. The van der Waals surface area contributed by atoms with E-state index in [-0.39, 0.29) is 12.3 Å². The van der Waals surface area contributed by atoms with Crippen LogP contribution in [0.15, 0.2) is 78.9 Å². The van der Waals surface area contributed by atoms with Gasteiger partial charge in [0.2, 0.25) is 0 Å². The first kappa shape index (κ1) is 17.8. The number of hydrazine groups is 1. The van der Waals surface area contributed by atoms with Crippen molar-refractivity contribution < 1.29 is 9.47 Å². The molecule has 0 aromatic heterocycles. The molecule has 4 heteroatoms. The molecule has 0 bridgehead atoms. The summed E-state index contributed by atoms with van der Waals surface area (Å²) in [6.07, 6.45) is 2.07. The molecule has 0 radical (unpaired) electrons. The minimum atomic E-state index is -0.202. The average molecular weight is 384 g/mol. The van der Waals surface area contributed by atoms with Gasteiger partial charge in [0.1, 0.15) is 11.5 Å². The highest BCUT2D eigenvalue weighted by Gasteiger charge is 2.39. The van der Waals surface area contributed by atoms with Crippen LogP contribution in [0.5, 0.6) is 11.5 Å². The second-order valence-corrected chi connectivity index (χ2v) is 7.42. The fourth-order valence-corrected chi connectivity index (χ4v) is 3.96. The van der Waals surface area contributed by atoms with Crippen LogP contribution >= 0.6 is 0 Å². The first-order chi connectivity index (χ1) is 14.2. The highest BCUT2D eigenvalue weighted by molar-refractivity contribution is 5.68. The summed E-state index contributed by atoms with van der Waals surface area (Å²) < 4.78 is 12.0. The number of nitrogens with one attached hydrogen (secondary N) is 1. The molecule has 146 valence electrons. The molecule has 0 aliphatic carbocycles. The molecule has 2 aliphatic rings. The first-order valence-electron chi connectivity index (χ1n) is 10.0. The lowest BCUT2D eigenvalue weighted by Crippen LogP contribution is -2.43. The standard InChI is InChI=1S/C25H24N2O2/c1-3-28-20-14-12-18(13-15-20)22-16-23-21-6-4-5-7-24(21)29-25(27(23)26-22)19-10-8-17(2)9-11-19/h4-16,23,25-26H,3H2,1-2H3/t23-,25+/m1/s1. The number of hydrogen-bond acceptors (Lipinski definition) is 4. The number of rotatable bonds is 4. The fraction of sp³-hybridized carbons (Fsp3) is 0.200. The van der Waals surface area contributed by atoms with Crippen LogP contribution in [0.3, 0.4) is 0 Å². The van der Waals surface area contributed by atoms with Gasteiger partial charge in [0.25, 0.3) is 0 Å². The van der Waals surface area contributed by atoms with Gasteiger partial charge < -0.3 is 14.9 Å². The Bertz CT molecular complexity index is 1040. The predicted octanol–water partition coefficient (Wildman–Crippen LogP) is 5.39. The van der Waals surface area contributed by atoms with Crippen molar-refractivity contribution in [2.75, 3.05) is 6.61 Å². The predicted molar refractivity (Wildman–Crippen MR) is 114 cm³/mol. The van der Waals surface area contributed by atoms with Gasteiger partial charge >= 0.3 is 0 Å². The third-order valence-electron chi connectivity index (χ3n) is 5.44. The normalized spacial score (nSPS) is 20.1. The van der Waals surface area contributed by atoms with Crippen molar-refractivity contribution in [1.29, 1.82) is 0 Å². The third kappa shape index (κ3) is 3.26. The fourth-order valence-electron chi connectivity index (χ4n) is 3.96. The van der Waals surface area contributed by atoms with Crippen molar-refractivity contribution >= 4 is 5.70 Å². The van der Waals surface area contributed by atoms with E-state index in [0.29, 0.717) is 6.61 Å². The van der Waals surface area contributed by atoms with Gasteiger partial charge in [0, 0.05) is 11.1 Å². The zero-order valence-corrected chi connectivity index (χ0v) is 16.6. The lowest BCUT2D eigenvalue weighted by Gasteiger charge is -2.39. The van der Waals surface area contributed by atoms with Crippen molar-refractivity contribution in [3.8, 4) is 11.5 Å². The maximum atomic E-state index is 6.42. The van der Waals surface area contributed by atoms with Crippen molar-refractivity contribution in [2.45, 2.75) is 26.1 Å². The molecule has 0 saturated carbocycles. The lowest BCUT2D eigenvalue weighted by atomic mass is 10.0. The highest BCUT2D eigenvalue weighted by atomic mass is 16.5. The SMILES string of the molecule is CCOc1ccc(C2=C[C@@H]3c4ccccc4O[C@@H](c4ccc(C)cc4)N3N2)cc1. The van der Waals surface area contributed by atoms with Gasteiger partial charge in [-0.2, -0.15) is 5.01 Å². The topological polar surface area (TPSA) is 33.7 Å². The van der Waals surface area contributed by atoms with Crippen LogP contribution in [-0.2, 0) is 0 Å². The van der Waals surface area contributed by atoms with E-state index in [1.165, 1.54) is 11.1 Å². The Morgan fingerprint density at radius 2 is 1.72 bits per heavy atom. The molecular formula is C25H24N2O2. The summed E-state index contributed by atoms with van der Waals surface area (Å²) in [7, 11) is 0. The smallest absolute Gasteiger partial charge is 0.195 e. The first-order valence-corrected chi connectivity index (χ1v) is 10.0. The van der Waals surface area contributed by atoms with Crippen LogP contribution in [-0.4, -0.2) is 11.6 Å². The molecule has 5 rings (SSSR count). The Labute approximate surface area is 171 Å². The second kappa shape index (κ2) is 7.30. The molecule has 2 atom stereocenters. The Kier molecular flexibility index (Phi) is 4.49. The largest absolute Gasteiger partial charge is 0.494 e. The van der Waals surface area contributed by atoms with E-state index < -0.39 is 0 Å². The zero-order valence-electron chi connectivity index (χ0n) is 16.6. The number of nitrogens with zero attached hydrogens (tertiary/aromatic N) is 1. The summed E-state index contributed by atoms with van der Waals surface area (Å²) in [5.41, 5.74) is 9.34. The third-order valence-corrected chi connectivity index (χ3v) is 5.44. The number of ether oxygens (including phenoxy) is 2. The minimum Gasteiger partial charge on any atom is -0.494 e. The molecule has 0 unspecified atom stereocenters. The summed E-state index contributed by atoms with van der Waals surface area (Å²) in [5.74, 6) is 1.82. The van der Waals surface area contributed by atoms with E-state index in [0.717, 1.165) is 28.3 Å². The Morgan fingerprint density at radius 3 is 2.48 bits per heavy atom. The van der Waals surface area contributed by atoms with E-state index in [2.05, 4.69) is 78.0 Å². The Morgan fingerprint density at radius 1 is 0.966 bits per heavy atom. The molecule has 0 amide bonds. The molecule has 3 aromatic carbocycles. The Hall–Kier alpha value is -3.24. The molecular weight excluding hydrogens is 360 g/mol. The van der Waals surface area contributed by atoms with Crippen molar-refractivity contribution in [2.24, 2.45) is 0 Å². The number of hydrogen-bond donors (Lipinski definition) is 1. The summed E-state index contributed by atoms with van der Waals surface area (Å²) in [5, 5.41) is 2.19. The van der Waals surface area contributed by atoms with Gasteiger partial charge in [-0.1, -0.05) is 48.0 Å². The van der Waals surface area contributed by atoms with Crippen LogP contribution < -0.4 is 14.9 Å². The highest BCUT2D eigenvalue weighted by Crippen LogP contribution is 2.45. The quantitative estimate of drug-likeness (QED) is 0.654. The lowest BCUT2D eigenvalue weighted by molar-refractivity contribution is -0.0326. The molecule has 2 heterocycles. The summed E-state index contributed by atoms with van der Waals surface area (Å²) in [4.78, 5) is 0. The van der Waals surface area contributed by atoms with Crippen LogP contribution in [0.1, 0.15) is 41.4 Å². The van der Waals surface area contributed by atoms with Crippen molar-refractivity contribution in [1.82, 2.24) is 10.4 Å². The van der Waals surface area contributed by atoms with E-state index >= 15 is 0 Å². The number of benzene rings is 3. The van der Waals surface area contributed by atoms with Gasteiger partial charge in [0.05, 0.1) is 18.3 Å². The van der Waals surface area contributed by atoms with E-state index in [4.69, 9.17) is 9.47 Å². The molecule has 2 aliphatic heterocycles. The molecule has 29 heavy (non-hydrogen) atoms. The molecule has 1 N–H and O–H groups in total. The Balaban J connectivity index is 1.51. The van der Waals surface area contributed by atoms with Gasteiger partial charge in [-0.05, 0) is 55.8 Å². The average Bonchev–Trinajstić information content (AvgIpc) is 3.20. The second-order valence-electron chi connectivity index (χ2n) is 7.42. The van der Waals surface area contributed by atoms with Crippen LogP contribution in [0.2, 0.25) is 0 Å². The van der Waals surface area contributed by atoms with Gasteiger partial charge in [-0.25, -0.2) is 0 Å². The monoisotopic (exact) mass is 384 g/mol. The van der Waals surface area contributed by atoms with Crippen LogP contribution in [0.4, 0.5) is 0 Å². The molecule has 0 saturated heterocycles. The van der Waals surface area contributed by atoms with E-state index in [1.54, 1.807) is 0 Å². The van der Waals surface area contributed by atoms with Gasteiger partial charge in [-0.15, -0.1) is 0 Å². The van der Waals surface area contributed by atoms with Crippen molar-refractivity contribution in [3.05, 3.63) is 101 Å². The molecule has 0 spiro atoms. The molecule has 0 fully saturated rings. The van der Waals surface area contributed by atoms with Gasteiger partial charge in [-0.3, -0.25) is 0 Å². The summed E-state index contributed by atoms with van der Waals surface area (Å²) in [6, 6.07) is 25.1. The number of para-hydroxylation sites is 1. The maximum absolute atomic E-state index is 6.42. The zero-order chi connectivity index (χ0) is 19.8. The summed E-state index contributed by atoms with van der Waals surface area (Å²) in [6.45, 7) is 4.77. The van der Waals surface area contributed by atoms with Crippen LogP contribution in [0, 0.1) is 6.92 Å². The molecule has 4 nitrogen and oxygen atoms in total. The van der Waals surface area contributed by atoms with E-state index in [1.807, 2.05) is 25.1 Å². The van der Waals surface area contributed by atoms with E-state index in [9.17, 15) is 0 Å². The molecule has 3 aromatic rings. The summed E-state index contributed by atoms with van der Waals surface area (Å²) >= 11 is 0. The maximum Gasteiger partial charge on any atom is 0.195 e. The van der Waals surface area contributed by atoms with Crippen molar-refractivity contribution in [3.63, 3.8) is 0 Å². The number of aryl methyl sites for hydroxylation is 1. The van der Waals surface area contributed by atoms with Gasteiger partial charge in [0.15, 0.2) is 6.23 Å². The van der Waals surface area contributed by atoms with Crippen LogP contribution in [0.25, 0.3) is 5.70 Å².